The topological polar surface area (TPSA) is 166 Å². The normalized spacial score (nSPS) is 19.9. The first-order valence-electron chi connectivity index (χ1n) is 25.4. The lowest BCUT2D eigenvalue weighted by Gasteiger charge is -2.25. The number of fused-ring (bicyclic) bond motifs is 2. The second-order valence-corrected chi connectivity index (χ2v) is 20.6. The standard InChI is InChI=1S/C21H20F3NO3.C19H18F3NO3.C18H18F3NO3/c22-21(23,24)14-6-7-17(20(27)25-15-2-1-3-16(26)11-15)19(10-14)28-18-9-12-4-5-13(18)8-12;1-18(7-8-18)11-26-16-9-12(19(20,21)22)5-6-15(16)17(25)23-13-3-2-4-14(24)10-13;1-11(2)10-25-16-8-12(18(19,20)21)6-7-15(16)17(24)22-13-4-3-5-14(23)9-13/h1-2,6-7,10-13,18H,3-5,8-9H2,(H,25,27);2-3,5-6,9-10H,4,7-8,11H2,1H3,(H,23,25);3-4,6-9,11H,5,10H2,1-2H3,(H,22,24)/t12-,13?,18?;;/m0../s1. The van der Waals surface area contributed by atoms with Crippen molar-refractivity contribution in [2.45, 2.75) is 103 Å². The highest BCUT2D eigenvalue weighted by molar-refractivity contribution is 6.02. The summed E-state index contributed by atoms with van der Waals surface area (Å²) in [5.74, 6) is -1.69. The molecule has 3 aromatic carbocycles. The number of halogens is 9. The Labute approximate surface area is 448 Å². The van der Waals surface area contributed by atoms with Gasteiger partial charge in [0.2, 0.25) is 0 Å². The van der Waals surface area contributed by atoms with Gasteiger partial charge in [-0.2, -0.15) is 39.5 Å². The Hall–Kier alpha value is -7.71. The minimum Gasteiger partial charge on any atom is -0.492 e. The molecule has 3 amide bonds. The molecular formula is C58H56F9N3O9. The second kappa shape index (κ2) is 24.5. The molecule has 0 heterocycles. The smallest absolute Gasteiger partial charge is 0.416 e. The van der Waals surface area contributed by atoms with E-state index in [-0.39, 0.29) is 107 Å². The fourth-order valence-electron chi connectivity index (χ4n) is 8.93. The molecule has 0 radical (unpaired) electrons. The monoisotopic (exact) mass is 1110 g/mol. The third-order valence-electron chi connectivity index (χ3n) is 13.4. The Balaban J connectivity index is 0.000000172. The van der Waals surface area contributed by atoms with Gasteiger partial charge in [0.25, 0.3) is 17.7 Å². The highest BCUT2D eigenvalue weighted by atomic mass is 19.4. The molecule has 3 saturated carbocycles. The van der Waals surface area contributed by atoms with Crippen LogP contribution in [0.25, 0.3) is 0 Å². The number of alkyl halides is 9. The van der Waals surface area contributed by atoms with Crippen LogP contribution in [0.1, 0.15) is 126 Å². The maximum atomic E-state index is 13.2. The number of carbonyl (C=O) groups is 6. The molecule has 3 N–H and O–H groups in total. The predicted molar refractivity (Wildman–Crippen MR) is 270 cm³/mol. The van der Waals surface area contributed by atoms with Crippen LogP contribution in [0, 0.1) is 23.2 Å². The fraction of sp³-hybridized carbons (Fsp3) is 0.379. The van der Waals surface area contributed by atoms with E-state index in [0.717, 1.165) is 93.1 Å². The maximum Gasteiger partial charge on any atom is 0.416 e. The lowest BCUT2D eigenvalue weighted by atomic mass is 9.97. The van der Waals surface area contributed by atoms with Crippen LogP contribution in [0.3, 0.4) is 0 Å². The summed E-state index contributed by atoms with van der Waals surface area (Å²) in [5.41, 5.74) is -1.78. The molecule has 21 heteroatoms. The van der Waals surface area contributed by atoms with Crippen LogP contribution in [0.5, 0.6) is 17.2 Å². The molecule has 3 aromatic rings. The van der Waals surface area contributed by atoms with Crippen LogP contribution in [-0.2, 0) is 32.9 Å². The number of allylic oxidation sites excluding steroid dienone is 9. The van der Waals surface area contributed by atoms with Crippen molar-refractivity contribution in [3.63, 3.8) is 0 Å². The molecule has 9 rings (SSSR count). The van der Waals surface area contributed by atoms with Crippen molar-refractivity contribution in [3.8, 4) is 17.2 Å². The average molecular weight is 1110 g/mol. The molecule has 12 nitrogen and oxygen atoms in total. The van der Waals surface area contributed by atoms with Crippen LogP contribution in [0.2, 0.25) is 0 Å². The van der Waals surface area contributed by atoms with E-state index < -0.39 is 52.9 Å². The van der Waals surface area contributed by atoms with E-state index in [2.05, 4.69) is 16.0 Å². The van der Waals surface area contributed by atoms with Gasteiger partial charge in [-0.25, -0.2) is 0 Å². The summed E-state index contributed by atoms with van der Waals surface area (Å²) in [6.07, 6.45) is 6.31. The zero-order chi connectivity index (χ0) is 57.5. The van der Waals surface area contributed by atoms with Crippen LogP contribution in [0.15, 0.2) is 126 Å². The van der Waals surface area contributed by atoms with Crippen molar-refractivity contribution < 1.29 is 82.5 Å². The van der Waals surface area contributed by atoms with Crippen molar-refractivity contribution in [3.05, 3.63) is 160 Å². The highest BCUT2D eigenvalue weighted by Gasteiger charge is 2.42. The summed E-state index contributed by atoms with van der Waals surface area (Å²) in [6.45, 7) is 6.08. The van der Waals surface area contributed by atoms with Gasteiger partial charge in [-0.05, 0) is 129 Å². The van der Waals surface area contributed by atoms with Crippen LogP contribution >= 0.6 is 0 Å². The first-order chi connectivity index (χ1) is 37.1. The van der Waals surface area contributed by atoms with Gasteiger partial charge in [0, 0.05) is 60.0 Å². The number of ketones is 3. The molecule has 0 saturated heterocycles. The lowest BCUT2D eigenvalue weighted by Crippen LogP contribution is -2.27. The Bertz CT molecular complexity index is 3050. The Morgan fingerprint density at radius 2 is 0.962 bits per heavy atom. The molecule has 2 unspecified atom stereocenters. The Morgan fingerprint density at radius 1 is 0.570 bits per heavy atom. The number of hydrogen-bond donors (Lipinski definition) is 3. The van der Waals surface area contributed by atoms with E-state index in [0.29, 0.717) is 23.2 Å². The molecule has 2 bridgehead atoms. The molecular weight excluding hydrogens is 1050 g/mol. The Kier molecular flexibility index (Phi) is 18.3. The quantitative estimate of drug-likeness (QED) is 0.133. The van der Waals surface area contributed by atoms with E-state index >= 15 is 0 Å². The van der Waals surface area contributed by atoms with E-state index in [4.69, 9.17) is 14.2 Å². The van der Waals surface area contributed by atoms with Gasteiger partial charge >= 0.3 is 18.5 Å². The predicted octanol–water partition coefficient (Wildman–Crippen LogP) is 12.3. The van der Waals surface area contributed by atoms with Crippen molar-refractivity contribution >= 4 is 35.1 Å². The number of benzene rings is 3. The van der Waals surface area contributed by atoms with Crippen molar-refractivity contribution in [1.29, 1.82) is 0 Å². The maximum absolute atomic E-state index is 13.2. The molecule has 0 spiro atoms. The zero-order valence-electron chi connectivity index (χ0n) is 43.1. The van der Waals surface area contributed by atoms with Crippen molar-refractivity contribution in [1.82, 2.24) is 16.0 Å². The van der Waals surface area contributed by atoms with E-state index in [1.165, 1.54) is 18.2 Å². The number of ether oxygens (including phenoxy) is 3. The van der Waals surface area contributed by atoms with Crippen LogP contribution in [0.4, 0.5) is 39.5 Å². The highest BCUT2D eigenvalue weighted by Crippen LogP contribution is 2.47. The Morgan fingerprint density at radius 3 is 1.30 bits per heavy atom. The van der Waals surface area contributed by atoms with Gasteiger partial charge in [0.15, 0.2) is 17.3 Å². The van der Waals surface area contributed by atoms with E-state index in [1.54, 1.807) is 36.5 Å². The summed E-state index contributed by atoms with van der Waals surface area (Å²) in [5, 5.41) is 7.61. The third kappa shape index (κ3) is 16.7. The molecule has 6 aliphatic carbocycles. The lowest BCUT2D eigenvalue weighted by molar-refractivity contribution is -0.138. The summed E-state index contributed by atoms with van der Waals surface area (Å²) in [7, 11) is 0. The molecule has 3 fully saturated rings. The van der Waals surface area contributed by atoms with E-state index in [1.807, 2.05) is 20.8 Å². The van der Waals surface area contributed by atoms with Crippen molar-refractivity contribution in [2.75, 3.05) is 13.2 Å². The van der Waals surface area contributed by atoms with Gasteiger partial charge in [-0.3, -0.25) is 28.8 Å². The molecule has 6 aliphatic rings. The number of amides is 3. The number of carbonyl (C=O) groups excluding carboxylic acids is 6. The third-order valence-corrected chi connectivity index (χ3v) is 13.4. The fourth-order valence-corrected chi connectivity index (χ4v) is 8.93. The molecule has 0 aromatic heterocycles. The minimum atomic E-state index is -4.54. The van der Waals surface area contributed by atoms with E-state index in [9.17, 15) is 68.3 Å². The van der Waals surface area contributed by atoms with Crippen molar-refractivity contribution in [2.24, 2.45) is 23.2 Å². The summed E-state index contributed by atoms with van der Waals surface area (Å²) >= 11 is 0. The minimum absolute atomic E-state index is 0.00503. The average Bonchev–Trinajstić information content (AvgIpc) is 3.74. The molecule has 79 heavy (non-hydrogen) atoms. The number of nitrogens with one attached hydrogen (secondary N) is 3. The molecule has 420 valence electrons. The summed E-state index contributed by atoms with van der Waals surface area (Å²) in [6, 6.07) is 8.40. The van der Waals surface area contributed by atoms with Crippen LogP contribution in [-0.4, -0.2) is 54.4 Å². The second-order valence-electron chi connectivity index (χ2n) is 20.6. The zero-order valence-corrected chi connectivity index (χ0v) is 43.1. The van der Waals surface area contributed by atoms with Gasteiger partial charge in [-0.15, -0.1) is 0 Å². The van der Waals surface area contributed by atoms with Gasteiger partial charge in [-0.1, -0.05) is 39.0 Å². The summed E-state index contributed by atoms with van der Waals surface area (Å²) < 4.78 is 134. The summed E-state index contributed by atoms with van der Waals surface area (Å²) in [4.78, 5) is 71.8. The van der Waals surface area contributed by atoms with Crippen LogP contribution < -0.4 is 30.2 Å². The number of hydrogen-bond acceptors (Lipinski definition) is 9. The first kappa shape index (κ1) is 59.0. The molecule has 0 aliphatic heterocycles. The molecule has 3 atom stereocenters. The first-order valence-corrected chi connectivity index (χ1v) is 25.4. The largest absolute Gasteiger partial charge is 0.492 e. The number of rotatable bonds is 14. The van der Waals surface area contributed by atoms with Gasteiger partial charge in [0.05, 0.1) is 46.6 Å². The SMILES string of the molecule is CC(C)COc1cc(C(F)(F)F)ccc1C(=O)NC1=CC(=O)CC=C1.CC1(COc2cc(C(F)(F)F)ccc2C(=O)NC2=CC(=O)CC=C2)CC1.O=C1C=C(NC(=O)c2ccc(C(F)(F)F)cc2OC2C[C@H]3CCC2C3)C=CC1. The van der Waals surface area contributed by atoms with Gasteiger partial charge < -0.3 is 30.2 Å². The van der Waals surface area contributed by atoms with Gasteiger partial charge in [0.1, 0.15) is 23.4 Å².